The molecule has 4 nitrogen and oxygen atoms in total. The molecule has 0 bridgehead atoms. The number of amides is 1. The van der Waals surface area contributed by atoms with Crippen molar-refractivity contribution in [2.75, 3.05) is 32.7 Å². The van der Waals surface area contributed by atoms with Crippen LogP contribution in [0.15, 0.2) is 24.3 Å². The molecule has 1 atom stereocenters. The molecule has 176 valence electrons. The Morgan fingerprint density at radius 3 is 2.39 bits per heavy atom. The monoisotopic (exact) mass is 469 g/mol. The summed E-state index contributed by atoms with van der Waals surface area (Å²) in [7, 11) is 0. The Morgan fingerprint density at radius 1 is 1.03 bits per heavy atom. The number of piperidine rings is 1. The summed E-state index contributed by atoms with van der Waals surface area (Å²) in [6, 6.07) is 9.36. The Labute approximate surface area is 201 Å². The smallest absolute Gasteiger partial charge is 0.239 e. The lowest BCUT2D eigenvalue weighted by atomic mass is 9.94. The highest BCUT2D eigenvalue weighted by atomic mass is 35.5. The Hall–Kier alpha value is -0.810. The van der Waals surface area contributed by atoms with Crippen LogP contribution in [0.2, 0.25) is 0 Å². The third kappa shape index (κ3) is 7.08. The maximum absolute atomic E-state index is 13.2. The van der Waals surface area contributed by atoms with E-state index in [9.17, 15) is 4.79 Å². The van der Waals surface area contributed by atoms with E-state index < -0.39 is 0 Å². The fraction of sp³-hybridized carbons (Fsp3) is 0.720. The van der Waals surface area contributed by atoms with Crippen molar-refractivity contribution in [2.24, 2.45) is 5.92 Å². The molecule has 1 amide bonds. The number of benzene rings is 1. The first kappa shape index (κ1) is 26.4. The van der Waals surface area contributed by atoms with E-state index in [-0.39, 0.29) is 30.9 Å². The van der Waals surface area contributed by atoms with Crippen molar-refractivity contribution in [1.29, 1.82) is 0 Å². The normalized spacial score (nSPS) is 22.7. The first-order chi connectivity index (χ1) is 14.2. The van der Waals surface area contributed by atoms with E-state index in [0.717, 1.165) is 38.9 Å². The van der Waals surface area contributed by atoms with E-state index in [1.807, 2.05) is 0 Å². The van der Waals surface area contributed by atoms with Crippen molar-refractivity contribution in [3.8, 4) is 0 Å². The average molecular weight is 471 g/mol. The molecule has 2 heterocycles. The van der Waals surface area contributed by atoms with Crippen LogP contribution in [0.25, 0.3) is 0 Å². The molecule has 1 N–H and O–H groups in total. The fourth-order valence-electron chi connectivity index (χ4n) is 5.57. The Balaban J connectivity index is 0.00000171. The molecular weight excluding hydrogens is 429 g/mol. The number of aryl methyl sites for hydroxylation is 1. The summed E-state index contributed by atoms with van der Waals surface area (Å²) in [5.74, 6) is 1.08. The summed E-state index contributed by atoms with van der Waals surface area (Å²) >= 11 is 0. The molecule has 0 aromatic heterocycles. The van der Waals surface area contributed by atoms with Gasteiger partial charge in [-0.2, -0.15) is 0 Å². The van der Waals surface area contributed by atoms with Gasteiger partial charge in [-0.3, -0.25) is 4.79 Å². The SMILES string of the molecule is Cc1ccccc1CCN1CCC(CN(C(=O)[C@H]2CCCN2)C2CCCC2)CC1.Cl.Cl. The van der Waals surface area contributed by atoms with Gasteiger partial charge in [-0.15, -0.1) is 24.8 Å². The van der Waals surface area contributed by atoms with Gasteiger partial charge in [-0.25, -0.2) is 0 Å². The van der Waals surface area contributed by atoms with Gasteiger partial charge in [0.1, 0.15) is 0 Å². The minimum Gasteiger partial charge on any atom is -0.338 e. The van der Waals surface area contributed by atoms with Gasteiger partial charge in [0.2, 0.25) is 5.91 Å². The fourth-order valence-corrected chi connectivity index (χ4v) is 5.57. The number of nitrogens with zero attached hydrogens (tertiary/aromatic N) is 2. The second-order valence-electron chi connectivity index (χ2n) is 9.54. The highest BCUT2D eigenvalue weighted by Gasteiger charge is 2.34. The number of nitrogens with one attached hydrogen (secondary N) is 1. The number of likely N-dealkylation sites (tertiary alicyclic amines) is 1. The molecule has 1 aliphatic carbocycles. The summed E-state index contributed by atoms with van der Waals surface area (Å²) in [5, 5.41) is 3.44. The van der Waals surface area contributed by atoms with Gasteiger partial charge in [0.05, 0.1) is 6.04 Å². The molecule has 1 aromatic rings. The molecule has 1 saturated carbocycles. The number of halogens is 2. The molecule has 4 rings (SSSR count). The lowest BCUT2D eigenvalue weighted by Gasteiger charge is -2.38. The average Bonchev–Trinajstić information content (AvgIpc) is 3.46. The molecule has 31 heavy (non-hydrogen) atoms. The van der Waals surface area contributed by atoms with E-state index in [1.54, 1.807) is 0 Å². The van der Waals surface area contributed by atoms with Crippen molar-refractivity contribution in [2.45, 2.75) is 76.8 Å². The first-order valence-electron chi connectivity index (χ1n) is 12.0. The zero-order chi connectivity index (χ0) is 20.1. The van der Waals surface area contributed by atoms with Crippen molar-refractivity contribution < 1.29 is 4.79 Å². The highest BCUT2D eigenvalue weighted by molar-refractivity contribution is 5.85. The van der Waals surface area contributed by atoms with E-state index in [2.05, 4.69) is 46.3 Å². The van der Waals surface area contributed by atoms with Gasteiger partial charge in [0, 0.05) is 19.1 Å². The standard InChI is InChI=1S/C25H39N3O.2ClH/c1-20-7-2-3-8-22(20)14-18-27-16-12-21(13-17-27)19-28(23-9-4-5-10-23)25(29)24-11-6-15-26-24;;/h2-3,7-8,21,23-24,26H,4-6,9-19H2,1H3;2*1H/t24-;;/m1../s1. The molecule has 0 radical (unpaired) electrons. The number of carbonyl (C=O) groups excluding carboxylic acids is 1. The topological polar surface area (TPSA) is 35.6 Å². The molecule has 1 aromatic carbocycles. The van der Waals surface area contributed by atoms with Crippen molar-refractivity contribution in [3.63, 3.8) is 0 Å². The predicted molar refractivity (Wildman–Crippen MR) is 134 cm³/mol. The van der Waals surface area contributed by atoms with Crippen LogP contribution in [0.4, 0.5) is 0 Å². The number of hydrogen-bond donors (Lipinski definition) is 1. The Kier molecular flexibility index (Phi) is 11.1. The zero-order valence-electron chi connectivity index (χ0n) is 19.1. The summed E-state index contributed by atoms with van der Waals surface area (Å²) in [6.45, 7) is 7.75. The van der Waals surface area contributed by atoms with Crippen LogP contribution in [0.5, 0.6) is 0 Å². The van der Waals surface area contributed by atoms with Crippen molar-refractivity contribution in [3.05, 3.63) is 35.4 Å². The minimum absolute atomic E-state index is 0. The van der Waals surface area contributed by atoms with Gasteiger partial charge >= 0.3 is 0 Å². The second-order valence-corrected chi connectivity index (χ2v) is 9.54. The summed E-state index contributed by atoms with van der Waals surface area (Å²) in [5.41, 5.74) is 2.89. The Bertz CT molecular complexity index is 666. The van der Waals surface area contributed by atoms with Crippen LogP contribution in [0.3, 0.4) is 0 Å². The van der Waals surface area contributed by atoms with Crippen LogP contribution >= 0.6 is 24.8 Å². The van der Waals surface area contributed by atoms with E-state index in [0.29, 0.717) is 17.9 Å². The molecular formula is C25H41Cl2N3O. The van der Waals surface area contributed by atoms with Crippen LogP contribution in [-0.4, -0.2) is 60.5 Å². The predicted octanol–water partition coefficient (Wildman–Crippen LogP) is 4.62. The first-order valence-corrected chi connectivity index (χ1v) is 12.0. The van der Waals surface area contributed by atoms with Crippen LogP contribution in [0.1, 0.15) is 62.5 Å². The van der Waals surface area contributed by atoms with Gasteiger partial charge in [-0.05, 0) is 88.5 Å². The van der Waals surface area contributed by atoms with Crippen LogP contribution in [0, 0.1) is 12.8 Å². The van der Waals surface area contributed by atoms with Gasteiger partial charge in [0.25, 0.3) is 0 Å². The summed E-state index contributed by atoms with van der Waals surface area (Å²) in [4.78, 5) is 18.2. The third-order valence-corrected chi connectivity index (χ3v) is 7.53. The number of hydrogen-bond acceptors (Lipinski definition) is 3. The Morgan fingerprint density at radius 2 is 1.74 bits per heavy atom. The highest BCUT2D eigenvalue weighted by Crippen LogP contribution is 2.28. The summed E-state index contributed by atoms with van der Waals surface area (Å²) < 4.78 is 0. The van der Waals surface area contributed by atoms with Crippen LogP contribution < -0.4 is 5.32 Å². The van der Waals surface area contributed by atoms with Gasteiger partial charge in [0.15, 0.2) is 0 Å². The lowest BCUT2D eigenvalue weighted by molar-refractivity contribution is -0.136. The molecule has 6 heteroatoms. The second kappa shape index (κ2) is 13.0. The van der Waals surface area contributed by atoms with E-state index in [4.69, 9.17) is 0 Å². The molecule has 0 spiro atoms. The maximum Gasteiger partial charge on any atom is 0.239 e. The number of rotatable bonds is 7. The molecule has 2 saturated heterocycles. The van der Waals surface area contributed by atoms with E-state index >= 15 is 0 Å². The quantitative estimate of drug-likeness (QED) is 0.632. The third-order valence-electron chi connectivity index (χ3n) is 7.53. The van der Waals surface area contributed by atoms with Crippen molar-refractivity contribution in [1.82, 2.24) is 15.1 Å². The molecule has 2 aliphatic heterocycles. The van der Waals surface area contributed by atoms with E-state index in [1.165, 1.54) is 62.7 Å². The number of carbonyl (C=O) groups is 1. The van der Waals surface area contributed by atoms with Gasteiger partial charge in [-0.1, -0.05) is 37.1 Å². The largest absolute Gasteiger partial charge is 0.338 e. The summed E-state index contributed by atoms with van der Waals surface area (Å²) in [6.07, 6.45) is 10.8. The van der Waals surface area contributed by atoms with Gasteiger partial charge < -0.3 is 15.1 Å². The lowest BCUT2D eigenvalue weighted by Crippen LogP contribution is -2.50. The molecule has 3 fully saturated rings. The minimum atomic E-state index is 0. The van der Waals surface area contributed by atoms with Crippen molar-refractivity contribution >= 4 is 30.7 Å². The molecule has 3 aliphatic rings. The van der Waals surface area contributed by atoms with Crippen LogP contribution in [-0.2, 0) is 11.2 Å². The molecule has 0 unspecified atom stereocenters. The maximum atomic E-state index is 13.2. The zero-order valence-corrected chi connectivity index (χ0v) is 20.7.